The van der Waals surface area contributed by atoms with Crippen LogP contribution in [0, 0.1) is 0 Å². The molecule has 0 aliphatic rings. The Morgan fingerprint density at radius 3 is 1.72 bits per heavy atom. The van der Waals surface area contributed by atoms with Crippen LogP contribution in [0.25, 0.3) is 0 Å². The number of carbonyl (C=O) groups is 2. The molecule has 7 heteroatoms. The molecule has 1 rings (SSSR count). The molecule has 0 heterocycles. The average molecular weight is 526 g/mol. The van der Waals surface area contributed by atoms with Crippen LogP contribution in [-0.2, 0) is 11.3 Å². The van der Waals surface area contributed by atoms with Crippen molar-refractivity contribution in [3.05, 3.63) is 35.4 Å². The second-order valence-electron chi connectivity index (χ2n) is 9.80. The van der Waals surface area contributed by atoms with E-state index in [4.69, 9.17) is 4.74 Å². The van der Waals surface area contributed by atoms with E-state index in [1.807, 2.05) is 18.2 Å². The lowest BCUT2D eigenvalue weighted by molar-refractivity contribution is 0.0941. The van der Waals surface area contributed by atoms with Gasteiger partial charge in [-0.25, -0.2) is 9.80 Å². The average Bonchev–Trinajstić information content (AvgIpc) is 2.84. The van der Waals surface area contributed by atoms with E-state index >= 15 is 0 Å². The fourth-order valence-electron chi connectivity index (χ4n) is 4.20. The summed E-state index contributed by atoms with van der Waals surface area (Å²) in [5, 5.41) is 4.52. The molecular formula is C29H52ClN3O3. The van der Waals surface area contributed by atoms with Gasteiger partial charge in [0.15, 0.2) is 0 Å². The monoisotopic (exact) mass is 525 g/mol. The first kappa shape index (κ1) is 34.2. The van der Waals surface area contributed by atoms with Crippen molar-refractivity contribution >= 4 is 24.4 Å². The Morgan fingerprint density at radius 2 is 1.22 bits per heavy atom. The summed E-state index contributed by atoms with van der Waals surface area (Å²) < 4.78 is 5.20. The maximum Gasteiger partial charge on any atom is 0.422 e. The molecule has 2 amide bonds. The number of hydrazine groups is 1. The molecule has 208 valence electrons. The minimum atomic E-state index is -0.543. The van der Waals surface area contributed by atoms with Gasteiger partial charge in [-0.15, -0.1) is 12.4 Å². The summed E-state index contributed by atoms with van der Waals surface area (Å²) in [4.78, 5) is 24.3. The number of benzene rings is 1. The number of ether oxygens (including phenoxy) is 1. The van der Waals surface area contributed by atoms with Crippen molar-refractivity contribution in [3.63, 3.8) is 0 Å². The van der Waals surface area contributed by atoms with Crippen LogP contribution < -0.4 is 10.7 Å². The van der Waals surface area contributed by atoms with Crippen LogP contribution in [-0.4, -0.2) is 37.6 Å². The third-order valence-corrected chi connectivity index (χ3v) is 6.25. The molecular weight excluding hydrogens is 474 g/mol. The van der Waals surface area contributed by atoms with Crippen LogP contribution in [0.15, 0.2) is 24.3 Å². The van der Waals surface area contributed by atoms with Gasteiger partial charge in [0.1, 0.15) is 6.61 Å². The van der Waals surface area contributed by atoms with Crippen molar-refractivity contribution in [3.8, 4) is 0 Å². The van der Waals surface area contributed by atoms with Crippen molar-refractivity contribution in [2.45, 2.75) is 116 Å². The molecule has 2 N–H and O–H groups in total. The van der Waals surface area contributed by atoms with E-state index in [0.29, 0.717) is 17.7 Å². The number of halogens is 1. The molecule has 0 spiro atoms. The molecule has 0 saturated heterocycles. The summed E-state index contributed by atoms with van der Waals surface area (Å²) in [6.07, 6.45) is 20.9. The normalized spacial score (nSPS) is 10.7. The van der Waals surface area contributed by atoms with E-state index in [9.17, 15) is 9.59 Å². The second-order valence-corrected chi connectivity index (χ2v) is 9.80. The number of rotatable bonds is 21. The fourth-order valence-corrected chi connectivity index (χ4v) is 4.20. The Labute approximate surface area is 226 Å². The molecule has 0 aromatic heterocycles. The zero-order valence-electron chi connectivity index (χ0n) is 23.1. The van der Waals surface area contributed by atoms with Crippen LogP contribution in [0.3, 0.4) is 0 Å². The van der Waals surface area contributed by atoms with Gasteiger partial charge in [0, 0.05) is 31.8 Å². The fraction of sp³-hybridized carbons (Fsp3) is 0.724. The van der Waals surface area contributed by atoms with Crippen LogP contribution >= 0.6 is 12.4 Å². The van der Waals surface area contributed by atoms with E-state index in [-0.39, 0.29) is 24.9 Å². The maximum absolute atomic E-state index is 12.6. The van der Waals surface area contributed by atoms with Crippen LogP contribution in [0.4, 0.5) is 4.79 Å². The van der Waals surface area contributed by atoms with Crippen molar-refractivity contribution in [2.75, 3.05) is 20.6 Å². The van der Waals surface area contributed by atoms with Crippen molar-refractivity contribution < 1.29 is 14.3 Å². The van der Waals surface area contributed by atoms with Gasteiger partial charge in [-0.1, -0.05) is 121 Å². The highest BCUT2D eigenvalue weighted by Crippen LogP contribution is 2.14. The van der Waals surface area contributed by atoms with E-state index in [1.165, 1.54) is 94.9 Å². The van der Waals surface area contributed by atoms with Gasteiger partial charge >= 0.3 is 6.09 Å². The second kappa shape index (κ2) is 23.6. The van der Waals surface area contributed by atoms with E-state index in [2.05, 4.69) is 17.7 Å². The zero-order valence-corrected chi connectivity index (χ0v) is 23.9. The SMILES string of the molecule is CCCCCCCCCCCCCCCCCCNC(=O)c1ccccc1COC(=O)NN(C)C.Cl. The quantitative estimate of drug-likeness (QED) is 0.127. The lowest BCUT2D eigenvalue weighted by Gasteiger charge is -2.13. The Morgan fingerprint density at radius 1 is 0.750 bits per heavy atom. The van der Waals surface area contributed by atoms with Crippen LogP contribution in [0.5, 0.6) is 0 Å². The number of nitrogens with zero attached hydrogens (tertiary/aromatic N) is 1. The number of hydrogen-bond acceptors (Lipinski definition) is 4. The van der Waals surface area contributed by atoms with Gasteiger partial charge < -0.3 is 10.1 Å². The van der Waals surface area contributed by atoms with Gasteiger partial charge in [-0.3, -0.25) is 10.2 Å². The lowest BCUT2D eigenvalue weighted by Crippen LogP contribution is -2.36. The molecule has 0 aliphatic heterocycles. The molecule has 36 heavy (non-hydrogen) atoms. The molecule has 1 aromatic carbocycles. The predicted octanol–water partition coefficient (Wildman–Crippen LogP) is 7.80. The van der Waals surface area contributed by atoms with Gasteiger partial charge in [0.25, 0.3) is 5.91 Å². The third-order valence-electron chi connectivity index (χ3n) is 6.25. The largest absolute Gasteiger partial charge is 0.444 e. The minimum absolute atomic E-state index is 0. The third kappa shape index (κ3) is 18.5. The first-order chi connectivity index (χ1) is 17.0. The minimum Gasteiger partial charge on any atom is -0.444 e. The summed E-state index contributed by atoms with van der Waals surface area (Å²) in [7, 11) is 3.42. The van der Waals surface area contributed by atoms with Gasteiger partial charge in [-0.05, 0) is 12.5 Å². The standard InChI is InChI=1S/C29H51N3O3.ClH/c1-4-5-6-7-8-9-10-11-12-13-14-15-16-17-18-21-24-30-28(33)27-23-20-19-22-26(27)25-35-29(34)31-32(2)3;/h19-20,22-23H,4-18,21,24-25H2,1-3H3,(H,30,33)(H,31,34);1H. The smallest absolute Gasteiger partial charge is 0.422 e. The maximum atomic E-state index is 12.6. The van der Waals surface area contributed by atoms with Gasteiger partial charge in [-0.2, -0.15) is 0 Å². The number of carbonyl (C=O) groups excluding carboxylic acids is 2. The first-order valence-electron chi connectivity index (χ1n) is 14.0. The zero-order chi connectivity index (χ0) is 25.6. The molecule has 6 nitrogen and oxygen atoms in total. The van der Waals surface area contributed by atoms with Crippen LogP contribution in [0.1, 0.15) is 126 Å². The highest BCUT2D eigenvalue weighted by Gasteiger charge is 2.12. The molecule has 0 radical (unpaired) electrons. The molecule has 0 aliphatic carbocycles. The summed E-state index contributed by atoms with van der Waals surface area (Å²) >= 11 is 0. The molecule has 0 atom stereocenters. The van der Waals surface area contributed by atoms with Crippen molar-refractivity contribution in [1.82, 2.24) is 15.8 Å². The predicted molar refractivity (Wildman–Crippen MR) is 153 cm³/mol. The highest BCUT2D eigenvalue weighted by atomic mass is 35.5. The summed E-state index contributed by atoms with van der Waals surface area (Å²) in [5.74, 6) is -0.113. The lowest BCUT2D eigenvalue weighted by atomic mass is 10.0. The van der Waals surface area contributed by atoms with Gasteiger partial charge in [0.2, 0.25) is 0 Å². The molecule has 0 unspecified atom stereocenters. The van der Waals surface area contributed by atoms with Crippen LogP contribution in [0.2, 0.25) is 0 Å². The Balaban J connectivity index is 0.0000122. The number of hydrogen-bond donors (Lipinski definition) is 2. The number of unbranched alkanes of at least 4 members (excludes halogenated alkanes) is 15. The van der Waals surface area contributed by atoms with E-state index in [0.717, 1.165) is 12.8 Å². The number of amides is 2. The Kier molecular flexibility index (Phi) is 22.4. The molecule has 0 bridgehead atoms. The van der Waals surface area contributed by atoms with E-state index < -0.39 is 6.09 Å². The Bertz CT molecular complexity index is 685. The van der Waals surface area contributed by atoms with Crippen molar-refractivity contribution in [1.29, 1.82) is 0 Å². The summed E-state index contributed by atoms with van der Waals surface area (Å²) in [6, 6.07) is 7.25. The topological polar surface area (TPSA) is 70.7 Å². The Hall–Kier alpha value is -1.79. The highest BCUT2D eigenvalue weighted by molar-refractivity contribution is 5.95. The molecule has 0 fully saturated rings. The molecule has 1 aromatic rings. The summed E-state index contributed by atoms with van der Waals surface area (Å²) in [5.41, 5.74) is 3.78. The van der Waals surface area contributed by atoms with E-state index in [1.54, 1.807) is 20.2 Å². The molecule has 0 saturated carbocycles. The first-order valence-corrected chi connectivity index (χ1v) is 14.0. The number of nitrogens with one attached hydrogen (secondary N) is 2. The van der Waals surface area contributed by atoms with Crippen molar-refractivity contribution in [2.24, 2.45) is 0 Å². The summed E-state index contributed by atoms with van der Waals surface area (Å²) in [6.45, 7) is 3.01. The van der Waals surface area contributed by atoms with Gasteiger partial charge in [0.05, 0.1) is 0 Å².